The first-order chi connectivity index (χ1) is 16.0. The van der Waals surface area contributed by atoms with Gasteiger partial charge in [0.1, 0.15) is 17.3 Å². The van der Waals surface area contributed by atoms with Crippen molar-refractivity contribution in [2.24, 2.45) is 0 Å². The molecule has 0 atom stereocenters. The van der Waals surface area contributed by atoms with Crippen molar-refractivity contribution < 1.29 is 9.21 Å². The molecule has 164 valence electrons. The number of fused-ring (bicyclic) bond motifs is 1. The average Bonchev–Trinajstić information content (AvgIpc) is 3.45. The van der Waals surface area contributed by atoms with Crippen molar-refractivity contribution in [1.29, 1.82) is 0 Å². The summed E-state index contributed by atoms with van der Waals surface area (Å²) in [5.74, 6) is 1.37. The monoisotopic (exact) mass is 439 g/mol. The van der Waals surface area contributed by atoms with Crippen molar-refractivity contribution >= 4 is 16.8 Å². The highest BCUT2D eigenvalue weighted by molar-refractivity contribution is 5.99. The maximum absolute atomic E-state index is 13.5. The SMILES string of the molecule is Cc1ccc(-c2nn(-c3ccccc3)cc2C(=O)N(C)Cc2nc3ccccc3c(=O)[nH]2)o1. The lowest BCUT2D eigenvalue weighted by Crippen LogP contribution is -2.28. The van der Waals surface area contributed by atoms with Crippen molar-refractivity contribution in [3.8, 4) is 17.1 Å². The van der Waals surface area contributed by atoms with Crippen LogP contribution in [0.1, 0.15) is 21.9 Å². The molecule has 0 saturated carbocycles. The summed E-state index contributed by atoms with van der Waals surface area (Å²) in [5, 5.41) is 5.14. The molecule has 0 aliphatic carbocycles. The molecule has 8 heteroatoms. The van der Waals surface area contributed by atoms with Crippen molar-refractivity contribution in [2.75, 3.05) is 7.05 Å². The number of aromatic amines is 1. The van der Waals surface area contributed by atoms with E-state index in [9.17, 15) is 9.59 Å². The van der Waals surface area contributed by atoms with E-state index in [1.807, 2.05) is 49.4 Å². The number of carbonyl (C=O) groups excluding carboxylic acids is 1. The zero-order valence-electron chi connectivity index (χ0n) is 18.1. The molecule has 5 rings (SSSR count). The molecule has 1 amide bonds. The van der Waals surface area contributed by atoms with Crippen molar-refractivity contribution in [3.05, 3.63) is 100 Å². The summed E-state index contributed by atoms with van der Waals surface area (Å²) in [6.07, 6.45) is 1.69. The number of aromatic nitrogens is 4. The van der Waals surface area contributed by atoms with Crippen molar-refractivity contribution in [1.82, 2.24) is 24.6 Å². The highest BCUT2D eigenvalue weighted by Crippen LogP contribution is 2.27. The Morgan fingerprint density at radius 2 is 1.82 bits per heavy atom. The number of amides is 1. The van der Waals surface area contributed by atoms with Gasteiger partial charge >= 0.3 is 0 Å². The van der Waals surface area contributed by atoms with Gasteiger partial charge in [0.2, 0.25) is 0 Å². The fraction of sp³-hybridized carbons (Fsp3) is 0.120. The van der Waals surface area contributed by atoms with Crippen molar-refractivity contribution in [2.45, 2.75) is 13.5 Å². The number of H-pyrrole nitrogens is 1. The number of para-hydroxylation sites is 2. The van der Waals surface area contributed by atoms with Gasteiger partial charge in [-0.3, -0.25) is 9.59 Å². The maximum Gasteiger partial charge on any atom is 0.258 e. The molecule has 0 bridgehead atoms. The quantitative estimate of drug-likeness (QED) is 0.447. The van der Waals surface area contributed by atoms with Crippen LogP contribution in [-0.2, 0) is 6.54 Å². The van der Waals surface area contributed by atoms with Crippen LogP contribution in [0.25, 0.3) is 28.0 Å². The standard InChI is InChI=1S/C25H21N5O3/c1-16-12-13-21(33-16)23-19(14-30(28-23)17-8-4-3-5-9-17)25(32)29(2)15-22-26-20-11-7-6-10-18(20)24(31)27-22/h3-14H,15H2,1-2H3,(H,26,27,31). The average molecular weight is 439 g/mol. The molecule has 5 aromatic rings. The maximum atomic E-state index is 13.5. The zero-order chi connectivity index (χ0) is 22.9. The van der Waals surface area contributed by atoms with Gasteiger partial charge in [-0.05, 0) is 43.3 Å². The van der Waals surface area contributed by atoms with Crippen LogP contribution in [0.2, 0.25) is 0 Å². The van der Waals surface area contributed by atoms with Gasteiger partial charge in [0.05, 0.1) is 28.7 Å². The molecule has 2 aromatic carbocycles. The highest BCUT2D eigenvalue weighted by atomic mass is 16.3. The van der Waals surface area contributed by atoms with Gasteiger partial charge < -0.3 is 14.3 Å². The molecule has 0 radical (unpaired) electrons. The topological polar surface area (TPSA) is 97.0 Å². The Bertz CT molecular complexity index is 1510. The number of furan rings is 1. The minimum atomic E-state index is -0.267. The minimum absolute atomic E-state index is 0.131. The summed E-state index contributed by atoms with van der Waals surface area (Å²) in [7, 11) is 1.66. The van der Waals surface area contributed by atoms with Gasteiger partial charge in [0.25, 0.3) is 11.5 Å². The number of hydrogen-bond acceptors (Lipinski definition) is 5. The van der Waals surface area contributed by atoms with E-state index in [2.05, 4.69) is 15.1 Å². The lowest BCUT2D eigenvalue weighted by molar-refractivity contribution is 0.0782. The van der Waals surface area contributed by atoms with Crippen LogP contribution in [0.4, 0.5) is 0 Å². The second-order valence-electron chi connectivity index (χ2n) is 7.77. The van der Waals surface area contributed by atoms with Crippen molar-refractivity contribution in [3.63, 3.8) is 0 Å². The second kappa shape index (κ2) is 8.23. The smallest absolute Gasteiger partial charge is 0.258 e. The molecule has 0 aliphatic heterocycles. The molecule has 0 saturated heterocycles. The number of rotatable bonds is 5. The van der Waals surface area contributed by atoms with Gasteiger partial charge in [0, 0.05) is 13.2 Å². The van der Waals surface area contributed by atoms with Gasteiger partial charge in [-0.1, -0.05) is 30.3 Å². The van der Waals surface area contributed by atoms with E-state index in [1.54, 1.807) is 42.2 Å². The zero-order valence-corrected chi connectivity index (χ0v) is 18.1. The summed E-state index contributed by atoms with van der Waals surface area (Å²) in [6.45, 7) is 1.97. The summed E-state index contributed by atoms with van der Waals surface area (Å²) in [4.78, 5) is 34.6. The largest absolute Gasteiger partial charge is 0.460 e. The first-order valence-electron chi connectivity index (χ1n) is 10.4. The number of benzene rings is 2. The third kappa shape index (κ3) is 3.94. The molecular weight excluding hydrogens is 418 g/mol. The molecule has 0 fully saturated rings. The van der Waals surface area contributed by atoms with Crippen LogP contribution in [0.15, 0.2) is 82.1 Å². The lowest BCUT2D eigenvalue weighted by Gasteiger charge is -2.16. The fourth-order valence-corrected chi connectivity index (χ4v) is 3.70. The first-order valence-corrected chi connectivity index (χ1v) is 10.4. The number of aryl methyl sites for hydroxylation is 1. The third-order valence-electron chi connectivity index (χ3n) is 5.33. The summed E-state index contributed by atoms with van der Waals surface area (Å²) >= 11 is 0. The molecule has 0 aliphatic rings. The van der Waals surface area contributed by atoms with Crippen LogP contribution in [0, 0.1) is 6.92 Å². The van der Waals surface area contributed by atoms with Gasteiger partial charge in [-0.15, -0.1) is 0 Å². The van der Waals surface area contributed by atoms with E-state index in [4.69, 9.17) is 4.42 Å². The predicted molar refractivity (Wildman–Crippen MR) is 124 cm³/mol. The molecule has 3 aromatic heterocycles. The summed E-state index contributed by atoms with van der Waals surface area (Å²) in [6, 6.07) is 20.3. The normalized spacial score (nSPS) is 11.1. The predicted octanol–water partition coefficient (Wildman–Crippen LogP) is 3.95. The Balaban J connectivity index is 1.51. The van der Waals surface area contributed by atoms with Crippen LogP contribution >= 0.6 is 0 Å². The van der Waals surface area contributed by atoms with Gasteiger partial charge in [-0.2, -0.15) is 5.10 Å². The van der Waals surface area contributed by atoms with Crippen LogP contribution < -0.4 is 5.56 Å². The fourth-order valence-electron chi connectivity index (χ4n) is 3.70. The lowest BCUT2D eigenvalue weighted by atomic mass is 10.2. The molecule has 1 N–H and O–H groups in total. The van der Waals surface area contributed by atoms with Crippen LogP contribution in [-0.4, -0.2) is 37.6 Å². The number of nitrogens with one attached hydrogen (secondary N) is 1. The Labute approximate surface area is 189 Å². The Kier molecular flexibility index (Phi) is 5.10. The van der Waals surface area contributed by atoms with E-state index >= 15 is 0 Å². The van der Waals surface area contributed by atoms with Crippen LogP contribution in [0.3, 0.4) is 0 Å². The Morgan fingerprint density at radius 3 is 2.58 bits per heavy atom. The second-order valence-corrected chi connectivity index (χ2v) is 7.77. The molecule has 3 heterocycles. The molecule has 0 unspecified atom stereocenters. The highest BCUT2D eigenvalue weighted by Gasteiger charge is 2.24. The minimum Gasteiger partial charge on any atom is -0.460 e. The third-order valence-corrected chi connectivity index (χ3v) is 5.33. The molecular formula is C25H21N5O3. The van der Waals surface area contributed by atoms with Gasteiger partial charge in [0.15, 0.2) is 5.76 Å². The molecule has 8 nitrogen and oxygen atoms in total. The summed E-state index contributed by atoms with van der Waals surface area (Å²) in [5.41, 5.74) is 2.01. The Hall–Kier alpha value is -4.46. The van der Waals surface area contributed by atoms with Gasteiger partial charge in [-0.25, -0.2) is 9.67 Å². The van der Waals surface area contributed by atoms with Crippen LogP contribution in [0.5, 0.6) is 0 Å². The Morgan fingerprint density at radius 1 is 1.06 bits per heavy atom. The molecule has 33 heavy (non-hydrogen) atoms. The van der Waals surface area contributed by atoms with E-state index in [0.29, 0.717) is 33.7 Å². The van der Waals surface area contributed by atoms with E-state index in [0.717, 1.165) is 11.4 Å². The molecule has 0 spiro atoms. The summed E-state index contributed by atoms with van der Waals surface area (Å²) < 4.78 is 7.42. The van der Waals surface area contributed by atoms with E-state index in [-0.39, 0.29) is 18.0 Å². The first kappa shape index (κ1) is 20.4. The number of hydrogen-bond donors (Lipinski definition) is 1. The van der Waals surface area contributed by atoms with E-state index in [1.165, 1.54) is 4.90 Å². The number of nitrogens with zero attached hydrogens (tertiary/aromatic N) is 4. The van der Waals surface area contributed by atoms with E-state index < -0.39 is 0 Å². The number of carbonyl (C=O) groups is 1.